The zero-order chi connectivity index (χ0) is 19.8. The van der Waals surface area contributed by atoms with Crippen molar-refractivity contribution in [1.29, 1.82) is 5.26 Å². The zero-order valence-corrected chi connectivity index (χ0v) is 16.5. The van der Waals surface area contributed by atoms with Gasteiger partial charge in [-0.2, -0.15) is 5.26 Å². The van der Waals surface area contributed by atoms with Crippen molar-refractivity contribution in [3.8, 4) is 6.07 Å². The Morgan fingerprint density at radius 3 is 3.00 bits per heavy atom. The van der Waals surface area contributed by atoms with Gasteiger partial charge < -0.3 is 14.5 Å². The van der Waals surface area contributed by atoms with Crippen LogP contribution in [0.2, 0.25) is 5.02 Å². The number of nitrogens with zero attached hydrogens (tertiary/aromatic N) is 1. The number of anilines is 1. The largest absolute Gasteiger partial charge is 0.450 e. The standard InChI is InChI=1S/C20H15ClN2O4S/c1-10-13-7-11(21)5-6-15(13)27-18(10)20(25)26-9-17(24)23-19-14(8-22)12-3-2-4-16(12)28-19/h5-7H,2-4,9H2,1H3,(H,23,24). The number of hydrogen-bond acceptors (Lipinski definition) is 6. The van der Waals surface area contributed by atoms with E-state index >= 15 is 0 Å². The van der Waals surface area contributed by atoms with Gasteiger partial charge in [-0.15, -0.1) is 11.3 Å². The van der Waals surface area contributed by atoms with Gasteiger partial charge in [-0.05, 0) is 49.9 Å². The second-order valence-electron chi connectivity index (χ2n) is 6.49. The van der Waals surface area contributed by atoms with Crippen molar-refractivity contribution < 1.29 is 18.7 Å². The number of fused-ring (bicyclic) bond motifs is 2. The lowest BCUT2D eigenvalue weighted by Crippen LogP contribution is -2.21. The van der Waals surface area contributed by atoms with Crippen LogP contribution in [0.25, 0.3) is 11.0 Å². The van der Waals surface area contributed by atoms with Crippen molar-refractivity contribution in [2.24, 2.45) is 0 Å². The monoisotopic (exact) mass is 414 g/mol. The lowest BCUT2D eigenvalue weighted by Gasteiger charge is -2.05. The fraction of sp³-hybridized carbons (Fsp3) is 0.250. The highest BCUT2D eigenvalue weighted by Gasteiger charge is 2.24. The Kier molecular flexibility index (Phi) is 4.84. The summed E-state index contributed by atoms with van der Waals surface area (Å²) in [6.07, 6.45) is 2.81. The molecular weight excluding hydrogens is 400 g/mol. The molecule has 0 spiro atoms. The molecule has 2 heterocycles. The molecule has 142 valence electrons. The molecule has 0 saturated carbocycles. The minimum Gasteiger partial charge on any atom is -0.450 e. The number of halogens is 1. The van der Waals surface area contributed by atoms with E-state index in [9.17, 15) is 14.9 Å². The van der Waals surface area contributed by atoms with E-state index in [1.165, 1.54) is 11.3 Å². The van der Waals surface area contributed by atoms with Crippen LogP contribution in [0, 0.1) is 18.3 Å². The van der Waals surface area contributed by atoms with E-state index in [1.807, 2.05) is 0 Å². The summed E-state index contributed by atoms with van der Waals surface area (Å²) in [6.45, 7) is 1.26. The molecule has 1 amide bonds. The molecule has 3 aromatic rings. The average molecular weight is 415 g/mol. The SMILES string of the molecule is Cc1c(C(=O)OCC(=O)Nc2sc3c(c2C#N)CCC3)oc2ccc(Cl)cc12. The molecule has 0 unspecified atom stereocenters. The summed E-state index contributed by atoms with van der Waals surface area (Å²) < 4.78 is 10.6. The summed E-state index contributed by atoms with van der Waals surface area (Å²) in [4.78, 5) is 25.7. The van der Waals surface area contributed by atoms with Crippen LogP contribution in [-0.4, -0.2) is 18.5 Å². The molecule has 0 fully saturated rings. The summed E-state index contributed by atoms with van der Waals surface area (Å²) >= 11 is 7.39. The molecule has 4 rings (SSSR count). The van der Waals surface area contributed by atoms with Gasteiger partial charge >= 0.3 is 5.97 Å². The number of carbonyl (C=O) groups is 2. The molecule has 6 nitrogen and oxygen atoms in total. The Morgan fingerprint density at radius 1 is 1.39 bits per heavy atom. The lowest BCUT2D eigenvalue weighted by atomic mass is 10.1. The van der Waals surface area contributed by atoms with Gasteiger partial charge in [0.1, 0.15) is 16.7 Å². The molecule has 8 heteroatoms. The van der Waals surface area contributed by atoms with E-state index < -0.39 is 18.5 Å². The van der Waals surface area contributed by atoms with Gasteiger partial charge in [-0.3, -0.25) is 4.79 Å². The van der Waals surface area contributed by atoms with Crippen LogP contribution >= 0.6 is 22.9 Å². The summed E-state index contributed by atoms with van der Waals surface area (Å²) in [5.41, 5.74) is 2.66. The maximum atomic E-state index is 12.3. The highest BCUT2D eigenvalue weighted by molar-refractivity contribution is 7.16. The number of benzene rings is 1. The Labute approximate surface area is 169 Å². The van der Waals surface area contributed by atoms with Crippen LogP contribution in [-0.2, 0) is 22.4 Å². The topological polar surface area (TPSA) is 92.3 Å². The molecule has 0 atom stereocenters. The number of ether oxygens (including phenoxy) is 1. The number of nitrogens with one attached hydrogen (secondary N) is 1. The zero-order valence-electron chi connectivity index (χ0n) is 14.9. The molecule has 2 aromatic heterocycles. The third-order valence-corrected chi connectivity index (χ3v) is 6.15. The van der Waals surface area contributed by atoms with Crippen LogP contribution in [0.3, 0.4) is 0 Å². The van der Waals surface area contributed by atoms with Crippen molar-refractivity contribution >= 4 is 50.8 Å². The molecule has 0 radical (unpaired) electrons. The molecule has 1 aromatic carbocycles. The predicted molar refractivity (Wildman–Crippen MR) is 106 cm³/mol. The number of aryl methyl sites for hydroxylation is 2. The van der Waals surface area contributed by atoms with Crippen LogP contribution in [0.5, 0.6) is 0 Å². The molecular formula is C20H15ClN2O4S. The number of amides is 1. The quantitative estimate of drug-likeness (QED) is 0.629. The van der Waals surface area contributed by atoms with Crippen LogP contribution in [0.4, 0.5) is 5.00 Å². The molecule has 0 saturated heterocycles. The molecule has 0 bridgehead atoms. The number of thiophene rings is 1. The Bertz CT molecular complexity index is 1160. The fourth-order valence-corrected chi connectivity index (χ4v) is 4.79. The summed E-state index contributed by atoms with van der Waals surface area (Å²) in [5.74, 6) is -1.19. The number of rotatable bonds is 4. The van der Waals surface area contributed by atoms with Crippen LogP contribution < -0.4 is 5.32 Å². The van der Waals surface area contributed by atoms with Gasteiger partial charge in [-0.1, -0.05) is 11.6 Å². The molecule has 1 N–H and O–H groups in total. The summed E-state index contributed by atoms with van der Waals surface area (Å²) in [7, 11) is 0. The Morgan fingerprint density at radius 2 is 2.21 bits per heavy atom. The van der Waals surface area contributed by atoms with Crippen LogP contribution in [0.15, 0.2) is 22.6 Å². The normalized spacial score (nSPS) is 12.6. The van der Waals surface area contributed by atoms with Gasteiger partial charge in [0.2, 0.25) is 5.76 Å². The summed E-state index contributed by atoms with van der Waals surface area (Å²) in [6, 6.07) is 7.21. The summed E-state index contributed by atoms with van der Waals surface area (Å²) in [5, 5.41) is 13.8. The van der Waals surface area contributed by atoms with Crippen molar-refractivity contribution in [2.45, 2.75) is 26.2 Å². The first-order valence-electron chi connectivity index (χ1n) is 8.68. The Hall–Kier alpha value is -2.82. The third-order valence-electron chi connectivity index (χ3n) is 4.70. The maximum Gasteiger partial charge on any atom is 0.375 e. The van der Waals surface area contributed by atoms with Gasteiger partial charge in [0.15, 0.2) is 6.61 Å². The number of esters is 1. The van der Waals surface area contributed by atoms with E-state index in [4.69, 9.17) is 20.8 Å². The maximum absolute atomic E-state index is 12.3. The fourth-order valence-electron chi connectivity index (χ4n) is 3.36. The number of carbonyl (C=O) groups excluding carboxylic acids is 2. The van der Waals surface area contributed by atoms with Crippen LogP contribution in [0.1, 0.15) is 38.5 Å². The minimum atomic E-state index is -0.728. The van der Waals surface area contributed by atoms with Gasteiger partial charge in [-0.25, -0.2) is 4.79 Å². The van der Waals surface area contributed by atoms with Gasteiger partial charge in [0, 0.05) is 20.8 Å². The predicted octanol–water partition coefficient (Wildman–Crippen LogP) is 4.61. The van der Waals surface area contributed by atoms with Crippen molar-refractivity contribution in [1.82, 2.24) is 0 Å². The first-order chi connectivity index (χ1) is 13.5. The van der Waals surface area contributed by atoms with E-state index in [2.05, 4.69) is 11.4 Å². The molecule has 1 aliphatic carbocycles. The van der Waals surface area contributed by atoms with Gasteiger partial charge in [0.05, 0.1) is 5.56 Å². The minimum absolute atomic E-state index is 0.0397. The first kappa shape index (κ1) is 18.5. The van der Waals surface area contributed by atoms with E-state index in [-0.39, 0.29) is 5.76 Å². The lowest BCUT2D eigenvalue weighted by molar-refractivity contribution is -0.119. The van der Waals surface area contributed by atoms with E-state index in [1.54, 1.807) is 25.1 Å². The number of hydrogen-bond donors (Lipinski definition) is 1. The average Bonchev–Trinajstić information content (AvgIpc) is 3.33. The molecule has 28 heavy (non-hydrogen) atoms. The molecule has 1 aliphatic rings. The molecule has 0 aliphatic heterocycles. The second-order valence-corrected chi connectivity index (χ2v) is 8.04. The van der Waals surface area contributed by atoms with Crippen molar-refractivity contribution in [3.05, 3.63) is 50.5 Å². The smallest absolute Gasteiger partial charge is 0.375 e. The highest BCUT2D eigenvalue weighted by atomic mass is 35.5. The number of nitriles is 1. The first-order valence-corrected chi connectivity index (χ1v) is 9.87. The van der Waals surface area contributed by atoms with Crippen molar-refractivity contribution in [2.75, 3.05) is 11.9 Å². The number of furan rings is 1. The van der Waals surface area contributed by atoms with E-state index in [0.29, 0.717) is 26.7 Å². The second kappa shape index (κ2) is 7.30. The van der Waals surface area contributed by atoms with Crippen molar-refractivity contribution in [3.63, 3.8) is 0 Å². The van der Waals surface area contributed by atoms with E-state index in [0.717, 1.165) is 35.1 Å². The Balaban J connectivity index is 1.44. The van der Waals surface area contributed by atoms with Gasteiger partial charge in [0.25, 0.3) is 5.91 Å². The third kappa shape index (κ3) is 3.26. The highest BCUT2D eigenvalue weighted by Crippen LogP contribution is 2.38.